The summed E-state index contributed by atoms with van der Waals surface area (Å²) in [6.45, 7) is 7.76. The van der Waals surface area contributed by atoms with Gasteiger partial charge in [0.25, 0.3) is 0 Å². The highest BCUT2D eigenvalue weighted by Crippen LogP contribution is 2.18. The summed E-state index contributed by atoms with van der Waals surface area (Å²) >= 11 is 0. The Labute approximate surface area is 131 Å². The fourth-order valence-electron chi connectivity index (χ4n) is 2.86. The van der Waals surface area contributed by atoms with E-state index in [4.69, 9.17) is 4.52 Å². The standard InChI is InChI=1S/C17H24N4O/c1-14-18-17(19-22-14)16-7-3-5-15(13-16)6-4-8-21-11-9-20(2)10-12-21/h3,5,7,13H,4,6,8-12H2,1-2H3. The highest BCUT2D eigenvalue weighted by atomic mass is 16.5. The third-order valence-corrected chi connectivity index (χ3v) is 4.25. The molecule has 1 aromatic heterocycles. The Morgan fingerprint density at radius 2 is 2.00 bits per heavy atom. The lowest BCUT2D eigenvalue weighted by atomic mass is 10.1. The lowest BCUT2D eigenvalue weighted by Crippen LogP contribution is -2.44. The van der Waals surface area contributed by atoms with Crippen molar-refractivity contribution in [3.8, 4) is 11.4 Å². The number of benzene rings is 1. The van der Waals surface area contributed by atoms with Gasteiger partial charge in [-0.25, -0.2) is 0 Å². The summed E-state index contributed by atoms with van der Waals surface area (Å²) in [5.74, 6) is 1.29. The number of likely N-dealkylation sites (N-methyl/N-ethyl adjacent to an activating group) is 1. The van der Waals surface area contributed by atoms with Crippen molar-refractivity contribution in [3.63, 3.8) is 0 Å². The van der Waals surface area contributed by atoms with E-state index < -0.39 is 0 Å². The number of hydrogen-bond donors (Lipinski definition) is 0. The molecule has 0 N–H and O–H groups in total. The van der Waals surface area contributed by atoms with Crippen LogP contribution in [0.15, 0.2) is 28.8 Å². The second-order valence-corrected chi connectivity index (χ2v) is 6.09. The molecule has 0 bridgehead atoms. The Balaban J connectivity index is 1.52. The normalized spacial score (nSPS) is 17.0. The van der Waals surface area contributed by atoms with E-state index in [0.29, 0.717) is 11.7 Å². The number of hydrogen-bond acceptors (Lipinski definition) is 5. The van der Waals surface area contributed by atoms with Gasteiger partial charge in [0.05, 0.1) is 0 Å². The van der Waals surface area contributed by atoms with Crippen LogP contribution in [0, 0.1) is 6.92 Å². The van der Waals surface area contributed by atoms with Crippen LogP contribution in [-0.2, 0) is 6.42 Å². The van der Waals surface area contributed by atoms with Crippen molar-refractivity contribution in [2.75, 3.05) is 39.8 Å². The lowest BCUT2D eigenvalue weighted by Gasteiger charge is -2.32. The molecule has 3 rings (SSSR count). The topological polar surface area (TPSA) is 45.4 Å². The third-order valence-electron chi connectivity index (χ3n) is 4.25. The second-order valence-electron chi connectivity index (χ2n) is 6.09. The van der Waals surface area contributed by atoms with Crippen molar-refractivity contribution < 1.29 is 4.52 Å². The zero-order valence-electron chi connectivity index (χ0n) is 13.5. The van der Waals surface area contributed by atoms with Crippen LogP contribution in [-0.4, -0.2) is 59.7 Å². The lowest BCUT2D eigenvalue weighted by molar-refractivity contribution is 0.153. The zero-order chi connectivity index (χ0) is 15.4. The molecule has 1 aliphatic rings. The molecule has 1 fully saturated rings. The van der Waals surface area contributed by atoms with Gasteiger partial charge in [-0.3, -0.25) is 0 Å². The van der Waals surface area contributed by atoms with Crippen LogP contribution < -0.4 is 0 Å². The van der Waals surface area contributed by atoms with Gasteiger partial charge in [-0.2, -0.15) is 4.98 Å². The summed E-state index contributed by atoms with van der Waals surface area (Å²) in [5.41, 5.74) is 2.38. The van der Waals surface area contributed by atoms with Gasteiger partial charge in [0.1, 0.15) is 0 Å². The Hall–Kier alpha value is -1.72. The molecule has 5 heteroatoms. The number of aryl methyl sites for hydroxylation is 2. The fourth-order valence-corrected chi connectivity index (χ4v) is 2.86. The third kappa shape index (κ3) is 3.93. The van der Waals surface area contributed by atoms with E-state index in [9.17, 15) is 0 Å². The zero-order valence-corrected chi connectivity index (χ0v) is 13.5. The number of aromatic nitrogens is 2. The van der Waals surface area contributed by atoms with E-state index in [1.54, 1.807) is 0 Å². The molecule has 1 aliphatic heterocycles. The first-order valence-corrected chi connectivity index (χ1v) is 8.01. The van der Waals surface area contributed by atoms with Gasteiger partial charge in [-0.1, -0.05) is 23.4 Å². The molecular weight excluding hydrogens is 276 g/mol. The van der Waals surface area contributed by atoms with Gasteiger partial charge < -0.3 is 14.3 Å². The molecule has 1 saturated heterocycles. The number of nitrogens with zero attached hydrogens (tertiary/aromatic N) is 4. The molecule has 0 saturated carbocycles. The summed E-state index contributed by atoms with van der Waals surface area (Å²) in [4.78, 5) is 9.25. The smallest absolute Gasteiger partial charge is 0.223 e. The van der Waals surface area contributed by atoms with E-state index in [-0.39, 0.29) is 0 Å². The minimum absolute atomic E-state index is 0.607. The van der Waals surface area contributed by atoms with Crippen LogP contribution in [0.25, 0.3) is 11.4 Å². The molecule has 5 nitrogen and oxygen atoms in total. The summed E-state index contributed by atoms with van der Waals surface area (Å²) in [5, 5.41) is 3.99. The molecule has 0 radical (unpaired) electrons. The summed E-state index contributed by atoms with van der Waals surface area (Å²) in [7, 11) is 2.20. The van der Waals surface area contributed by atoms with Crippen LogP contribution in [0.2, 0.25) is 0 Å². The Bertz CT molecular complexity index is 602. The minimum Gasteiger partial charge on any atom is -0.339 e. The molecule has 0 aliphatic carbocycles. The molecule has 0 amide bonds. The molecule has 0 unspecified atom stereocenters. The van der Waals surface area contributed by atoms with Crippen LogP contribution in [0.1, 0.15) is 17.9 Å². The molecule has 118 valence electrons. The summed E-state index contributed by atoms with van der Waals surface area (Å²) in [6, 6.07) is 8.47. The Kier molecular flexibility index (Phi) is 4.85. The van der Waals surface area contributed by atoms with Crippen molar-refractivity contribution >= 4 is 0 Å². The SMILES string of the molecule is Cc1nc(-c2cccc(CCCN3CCN(C)CC3)c2)no1. The van der Waals surface area contributed by atoms with E-state index >= 15 is 0 Å². The quantitative estimate of drug-likeness (QED) is 0.847. The van der Waals surface area contributed by atoms with E-state index in [1.807, 2.05) is 13.0 Å². The maximum atomic E-state index is 5.06. The Morgan fingerprint density at radius 1 is 1.18 bits per heavy atom. The van der Waals surface area contributed by atoms with Gasteiger partial charge in [-0.15, -0.1) is 0 Å². The van der Waals surface area contributed by atoms with Crippen LogP contribution >= 0.6 is 0 Å². The molecule has 2 aromatic rings. The van der Waals surface area contributed by atoms with Crippen LogP contribution in [0.4, 0.5) is 0 Å². The van der Waals surface area contributed by atoms with Crippen LogP contribution in [0.3, 0.4) is 0 Å². The average Bonchev–Trinajstić information content (AvgIpc) is 2.96. The fraction of sp³-hybridized carbons (Fsp3) is 0.529. The van der Waals surface area contributed by atoms with Gasteiger partial charge >= 0.3 is 0 Å². The van der Waals surface area contributed by atoms with Crippen molar-refractivity contribution in [2.45, 2.75) is 19.8 Å². The van der Waals surface area contributed by atoms with Crippen LogP contribution in [0.5, 0.6) is 0 Å². The van der Waals surface area contributed by atoms with E-state index in [2.05, 4.69) is 45.2 Å². The molecule has 0 atom stereocenters. The highest BCUT2D eigenvalue weighted by Gasteiger charge is 2.13. The van der Waals surface area contributed by atoms with E-state index in [0.717, 1.165) is 12.0 Å². The van der Waals surface area contributed by atoms with Gasteiger partial charge in [0.15, 0.2) is 0 Å². The first-order valence-electron chi connectivity index (χ1n) is 8.01. The molecule has 2 heterocycles. The van der Waals surface area contributed by atoms with Gasteiger partial charge in [-0.05, 0) is 38.1 Å². The molecule has 22 heavy (non-hydrogen) atoms. The maximum Gasteiger partial charge on any atom is 0.223 e. The summed E-state index contributed by atoms with van der Waals surface area (Å²) < 4.78 is 5.06. The second kappa shape index (κ2) is 7.03. The van der Waals surface area contributed by atoms with Crippen molar-refractivity contribution in [1.82, 2.24) is 19.9 Å². The Morgan fingerprint density at radius 3 is 2.73 bits per heavy atom. The van der Waals surface area contributed by atoms with Crippen molar-refractivity contribution in [1.29, 1.82) is 0 Å². The molecular formula is C17H24N4O. The highest BCUT2D eigenvalue weighted by molar-refractivity contribution is 5.55. The predicted molar refractivity (Wildman–Crippen MR) is 86.7 cm³/mol. The van der Waals surface area contributed by atoms with Crippen molar-refractivity contribution in [3.05, 3.63) is 35.7 Å². The maximum absolute atomic E-state index is 5.06. The largest absolute Gasteiger partial charge is 0.339 e. The first-order chi connectivity index (χ1) is 10.7. The summed E-state index contributed by atoms with van der Waals surface area (Å²) in [6.07, 6.45) is 2.29. The number of piperazine rings is 1. The predicted octanol–water partition coefficient (Wildman–Crippen LogP) is 2.23. The van der Waals surface area contributed by atoms with Gasteiger partial charge in [0.2, 0.25) is 11.7 Å². The first kappa shape index (κ1) is 15.2. The van der Waals surface area contributed by atoms with Gasteiger partial charge in [0, 0.05) is 38.7 Å². The minimum atomic E-state index is 0.607. The molecule has 1 aromatic carbocycles. The van der Waals surface area contributed by atoms with Crippen molar-refractivity contribution in [2.24, 2.45) is 0 Å². The average molecular weight is 300 g/mol. The number of rotatable bonds is 5. The molecule has 0 spiro atoms. The van der Waals surface area contributed by atoms with E-state index in [1.165, 1.54) is 44.7 Å². The monoisotopic (exact) mass is 300 g/mol.